The summed E-state index contributed by atoms with van der Waals surface area (Å²) >= 11 is 0. The third-order valence-electron chi connectivity index (χ3n) is 6.34. The minimum atomic E-state index is 0.0976. The smallest absolute Gasteiger partial charge is 0.223 e. The van der Waals surface area contributed by atoms with Crippen LogP contribution in [-0.4, -0.2) is 64.9 Å². The van der Waals surface area contributed by atoms with Gasteiger partial charge in [0.15, 0.2) is 0 Å². The molecule has 0 spiro atoms. The molecule has 2 aliphatic heterocycles. The largest absolute Gasteiger partial charge is 0.398 e. The summed E-state index contributed by atoms with van der Waals surface area (Å²) in [5.41, 5.74) is 13.3. The van der Waals surface area contributed by atoms with Gasteiger partial charge in [-0.3, -0.25) is 9.69 Å². The highest BCUT2D eigenvalue weighted by Gasteiger charge is 2.25. The number of nitrogens with two attached hydrogens (primary N) is 1. The zero-order valence-corrected chi connectivity index (χ0v) is 17.6. The van der Waals surface area contributed by atoms with Gasteiger partial charge >= 0.3 is 0 Å². The number of likely N-dealkylation sites (N-methyl/N-ethyl adjacent to an activating group) is 1. The number of aromatic nitrogens is 2. The maximum absolute atomic E-state index is 11.9. The first-order valence-corrected chi connectivity index (χ1v) is 10.6. The number of pyridine rings is 1. The van der Waals surface area contributed by atoms with Gasteiger partial charge in [0.05, 0.1) is 11.4 Å². The number of fused-ring (bicyclic) bond motifs is 2. The Kier molecular flexibility index (Phi) is 4.72. The van der Waals surface area contributed by atoms with Crippen molar-refractivity contribution in [1.82, 2.24) is 19.2 Å². The van der Waals surface area contributed by atoms with Crippen LogP contribution >= 0.6 is 0 Å². The van der Waals surface area contributed by atoms with E-state index in [4.69, 9.17) is 10.7 Å². The summed E-state index contributed by atoms with van der Waals surface area (Å²) in [5, 5.41) is 0. The van der Waals surface area contributed by atoms with Crippen LogP contribution in [-0.2, 0) is 17.8 Å². The van der Waals surface area contributed by atoms with E-state index in [1.807, 2.05) is 23.2 Å². The molecule has 0 radical (unpaired) electrons. The molecule has 7 nitrogen and oxygen atoms in total. The number of hydrogen-bond donors (Lipinski definition) is 1. The second kappa shape index (κ2) is 7.41. The highest BCUT2D eigenvalue weighted by atomic mass is 16.2. The lowest BCUT2D eigenvalue weighted by molar-refractivity contribution is -0.116. The van der Waals surface area contributed by atoms with Crippen LogP contribution in [0, 0.1) is 0 Å². The Balaban J connectivity index is 1.56. The molecule has 5 rings (SSSR count). The minimum absolute atomic E-state index is 0.0976. The van der Waals surface area contributed by atoms with Gasteiger partial charge < -0.3 is 19.9 Å². The lowest BCUT2D eigenvalue weighted by Crippen LogP contribution is -2.44. The number of anilines is 2. The van der Waals surface area contributed by atoms with Gasteiger partial charge in [0.2, 0.25) is 5.91 Å². The lowest BCUT2D eigenvalue weighted by atomic mass is 10.0. The summed E-state index contributed by atoms with van der Waals surface area (Å²) < 4.78 is 2.14. The maximum atomic E-state index is 11.9. The number of imidazole rings is 1. The van der Waals surface area contributed by atoms with Crippen LogP contribution in [0.2, 0.25) is 0 Å². The van der Waals surface area contributed by atoms with Crippen LogP contribution in [0.4, 0.5) is 11.4 Å². The molecule has 0 unspecified atom stereocenters. The van der Waals surface area contributed by atoms with Crippen molar-refractivity contribution in [3.8, 4) is 11.3 Å². The molecule has 0 atom stereocenters. The standard InChI is InChI=1S/C23H28N6O/c1-16(30)28-8-7-17-13-18(3-5-20(17)28)23-21(15-27-11-9-26(2)10-12-27)29-14-19(24)4-6-22(29)25-23/h3-6,13-14H,7-12,15,24H2,1-2H3. The van der Waals surface area contributed by atoms with Crippen LogP contribution in [0.5, 0.6) is 0 Å². The number of carbonyl (C=O) groups is 1. The van der Waals surface area contributed by atoms with Gasteiger partial charge in [0.25, 0.3) is 0 Å². The normalized spacial score (nSPS) is 17.6. The van der Waals surface area contributed by atoms with Crippen molar-refractivity contribution in [2.75, 3.05) is 50.4 Å². The molecule has 30 heavy (non-hydrogen) atoms. The Morgan fingerprint density at radius 2 is 1.90 bits per heavy atom. The quantitative estimate of drug-likeness (QED) is 0.725. The van der Waals surface area contributed by atoms with Crippen LogP contribution in [0.25, 0.3) is 16.9 Å². The summed E-state index contributed by atoms with van der Waals surface area (Å²) in [6.07, 6.45) is 2.86. The fourth-order valence-electron chi connectivity index (χ4n) is 4.59. The zero-order valence-electron chi connectivity index (χ0n) is 17.6. The van der Waals surface area contributed by atoms with Crippen molar-refractivity contribution in [2.45, 2.75) is 19.9 Å². The highest BCUT2D eigenvalue weighted by molar-refractivity contribution is 5.94. The van der Waals surface area contributed by atoms with E-state index in [9.17, 15) is 4.79 Å². The average Bonchev–Trinajstić information content (AvgIpc) is 3.31. The number of carbonyl (C=O) groups excluding carboxylic acids is 1. The van der Waals surface area contributed by atoms with E-state index in [-0.39, 0.29) is 5.91 Å². The van der Waals surface area contributed by atoms with Crippen molar-refractivity contribution in [1.29, 1.82) is 0 Å². The zero-order chi connectivity index (χ0) is 20.8. The van der Waals surface area contributed by atoms with Crippen molar-refractivity contribution in [3.63, 3.8) is 0 Å². The predicted molar refractivity (Wildman–Crippen MR) is 120 cm³/mol. The first-order valence-electron chi connectivity index (χ1n) is 10.6. The van der Waals surface area contributed by atoms with Crippen LogP contribution in [0.3, 0.4) is 0 Å². The molecule has 1 fully saturated rings. The number of nitrogen functional groups attached to an aromatic ring is 1. The maximum Gasteiger partial charge on any atom is 0.223 e. The predicted octanol–water partition coefficient (Wildman–Crippen LogP) is 2.24. The van der Waals surface area contributed by atoms with E-state index < -0.39 is 0 Å². The van der Waals surface area contributed by atoms with Crippen molar-refractivity contribution in [2.24, 2.45) is 0 Å². The number of benzene rings is 1. The van der Waals surface area contributed by atoms with E-state index in [1.54, 1.807) is 6.92 Å². The van der Waals surface area contributed by atoms with Crippen molar-refractivity contribution >= 4 is 22.9 Å². The summed E-state index contributed by atoms with van der Waals surface area (Å²) in [6, 6.07) is 10.3. The summed E-state index contributed by atoms with van der Waals surface area (Å²) in [4.78, 5) is 23.6. The Morgan fingerprint density at radius 1 is 1.10 bits per heavy atom. The summed E-state index contributed by atoms with van der Waals surface area (Å²) in [7, 11) is 2.17. The SMILES string of the molecule is CC(=O)N1CCc2cc(-c3nc4ccc(N)cn4c3CN3CCN(C)CC3)ccc21. The van der Waals surface area contributed by atoms with E-state index in [2.05, 4.69) is 39.4 Å². The summed E-state index contributed by atoms with van der Waals surface area (Å²) in [6.45, 7) is 7.46. The van der Waals surface area contributed by atoms with Gasteiger partial charge in [0.1, 0.15) is 5.65 Å². The second-order valence-electron chi connectivity index (χ2n) is 8.44. The molecule has 0 saturated carbocycles. The van der Waals surface area contributed by atoms with Gasteiger partial charge in [-0.05, 0) is 43.3 Å². The average molecular weight is 405 g/mol. The molecule has 0 aliphatic carbocycles. The van der Waals surface area contributed by atoms with Crippen LogP contribution < -0.4 is 10.6 Å². The summed E-state index contributed by atoms with van der Waals surface area (Å²) in [5.74, 6) is 0.0976. The highest BCUT2D eigenvalue weighted by Crippen LogP contribution is 2.34. The molecule has 1 aromatic carbocycles. The number of amides is 1. The van der Waals surface area contributed by atoms with Gasteiger partial charge in [0, 0.05) is 69.3 Å². The molecular formula is C23H28N6O. The molecule has 7 heteroatoms. The van der Waals surface area contributed by atoms with Crippen LogP contribution in [0.1, 0.15) is 18.2 Å². The molecule has 156 valence electrons. The second-order valence-corrected chi connectivity index (χ2v) is 8.44. The third kappa shape index (κ3) is 3.34. The molecule has 1 amide bonds. The molecule has 1 saturated heterocycles. The molecule has 3 aromatic rings. The topological polar surface area (TPSA) is 70.1 Å². The first kappa shape index (κ1) is 19.1. The van der Waals surface area contributed by atoms with E-state index in [0.717, 1.165) is 74.0 Å². The molecule has 0 bridgehead atoms. The minimum Gasteiger partial charge on any atom is -0.398 e. The van der Waals surface area contributed by atoms with E-state index in [0.29, 0.717) is 0 Å². The van der Waals surface area contributed by atoms with Crippen molar-refractivity contribution in [3.05, 3.63) is 47.8 Å². The first-order chi connectivity index (χ1) is 14.5. The number of rotatable bonds is 3. The van der Waals surface area contributed by atoms with Gasteiger partial charge in [-0.15, -0.1) is 0 Å². The molecular weight excluding hydrogens is 376 g/mol. The van der Waals surface area contributed by atoms with Gasteiger partial charge in [-0.1, -0.05) is 6.07 Å². The number of nitrogens with zero attached hydrogens (tertiary/aromatic N) is 5. The number of piperazine rings is 1. The number of hydrogen-bond acceptors (Lipinski definition) is 5. The Morgan fingerprint density at radius 3 is 2.67 bits per heavy atom. The monoisotopic (exact) mass is 404 g/mol. The fraction of sp³-hybridized carbons (Fsp3) is 0.391. The molecule has 2 N–H and O–H groups in total. The van der Waals surface area contributed by atoms with E-state index in [1.165, 1.54) is 11.3 Å². The Hall–Kier alpha value is -2.90. The van der Waals surface area contributed by atoms with E-state index >= 15 is 0 Å². The Labute approximate surface area is 176 Å². The molecule has 2 aromatic heterocycles. The molecule has 4 heterocycles. The van der Waals surface area contributed by atoms with Gasteiger partial charge in [-0.2, -0.15) is 0 Å². The fourth-order valence-corrected chi connectivity index (χ4v) is 4.59. The van der Waals surface area contributed by atoms with Gasteiger partial charge in [-0.25, -0.2) is 4.98 Å². The molecule has 2 aliphatic rings. The third-order valence-corrected chi connectivity index (χ3v) is 6.34. The van der Waals surface area contributed by atoms with Crippen LogP contribution in [0.15, 0.2) is 36.5 Å². The van der Waals surface area contributed by atoms with Crippen molar-refractivity contribution < 1.29 is 4.79 Å². The lowest BCUT2D eigenvalue weighted by Gasteiger charge is -2.32. The Bertz CT molecular complexity index is 1110.